The third kappa shape index (κ3) is 5.03. The van der Waals surface area contributed by atoms with Gasteiger partial charge < -0.3 is 14.8 Å². The molecule has 2 saturated carbocycles. The maximum atomic E-state index is 12.8. The van der Waals surface area contributed by atoms with Gasteiger partial charge in [-0.05, 0) is 37.8 Å². The molecule has 1 heterocycles. The molecule has 1 aromatic heterocycles. The fraction of sp³-hybridized carbons (Fsp3) is 0.545. The monoisotopic (exact) mass is 427 g/mol. The second-order valence-corrected chi connectivity index (χ2v) is 9.17. The molecule has 1 N–H and O–H groups in total. The van der Waals surface area contributed by atoms with Gasteiger partial charge in [-0.25, -0.2) is 0 Å². The van der Waals surface area contributed by atoms with Crippen molar-refractivity contribution < 1.29 is 9.59 Å². The summed E-state index contributed by atoms with van der Waals surface area (Å²) in [7, 11) is 1.91. The van der Waals surface area contributed by atoms with E-state index in [0.717, 1.165) is 36.4 Å². The highest BCUT2D eigenvalue weighted by molar-refractivity contribution is 8.00. The largest absolute Gasteiger partial charge is 0.345 e. The fourth-order valence-corrected chi connectivity index (χ4v) is 4.97. The Bertz CT molecular complexity index is 889. The minimum Gasteiger partial charge on any atom is -0.345 e. The zero-order valence-electron chi connectivity index (χ0n) is 17.4. The van der Waals surface area contributed by atoms with Gasteiger partial charge in [-0.3, -0.25) is 9.59 Å². The molecule has 0 radical (unpaired) electrons. The number of hydrogen-bond acceptors (Lipinski definition) is 5. The molecule has 8 heteroatoms. The molecule has 0 aliphatic heterocycles. The first-order valence-electron chi connectivity index (χ1n) is 10.8. The Balaban J connectivity index is 1.34. The van der Waals surface area contributed by atoms with Crippen LogP contribution in [0.15, 0.2) is 35.5 Å². The second kappa shape index (κ2) is 9.64. The van der Waals surface area contributed by atoms with Crippen molar-refractivity contribution in [3.05, 3.63) is 42.0 Å². The van der Waals surface area contributed by atoms with Gasteiger partial charge in [0.15, 0.2) is 5.82 Å². The molecule has 30 heavy (non-hydrogen) atoms. The number of nitrogens with zero attached hydrogens (tertiary/aromatic N) is 4. The minimum absolute atomic E-state index is 0.125. The summed E-state index contributed by atoms with van der Waals surface area (Å²) in [4.78, 5) is 28.2. The Morgan fingerprint density at radius 2 is 1.93 bits per heavy atom. The minimum atomic E-state index is -0.156. The first-order valence-corrected chi connectivity index (χ1v) is 11.8. The van der Waals surface area contributed by atoms with Crippen LogP contribution in [-0.4, -0.2) is 50.3 Å². The van der Waals surface area contributed by atoms with Crippen LogP contribution in [-0.2, 0) is 11.3 Å². The van der Waals surface area contributed by atoms with E-state index in [1.165, 1.54) is 31.0 Å². The molecular formula is C22H29N5O2S. The van der Waals surface area contributed by atoms with Gasteiger partial charge >= 0.3 is 0 Å². The van der Waals surface area contributed by atoms with Gasteiger partial charge in [0.05, 0.1) is 17.9 Å². The molecule has 2 aromatic rings. The molecule has 4 rings (SSSR count). The molecule has 7 nitrogen and oxygen atoms in total. The summed E-state index contributed by atoms with van der Waals surface area (Å²) >= 11 is 1.43. The highest BCUT2D eigenvalue weighted by Crippen LogP contribution is 2.35. The third-order valence-electron chi connectivity index (χ3n) is 5.99. The predicted molar refractivity (Wildman–Crippen MR) is 116 cm³/mol. The van der Waals surface area contributed by atoms with Crippen LogP contribution in [0.1, 0.15) is 67.2 Å². The maximum absolute atomic E-state index is 12.8. The van der Waals surface area contributed by atoms with Gasteiger partial charge in [0.2, 0.25) is 5.91 Å². The Kier molecular flexibility index (Phi) is 6.72. The van der Waals surface area contributed by atoms with E-state index in [2.05, 4.69) is 15.5 Å². The summed E-state index contributed by atoms with van der Waals surface area (Å²) < 4.78 is 2.04. The van der Waals surface area contributed by atoms with Crippen molar-refractivity contribution in [1.82, 2.24) is 25.0 Å². The molecule has 0 unspecified atom stereocenters. The van der Waals surface area contributed by atoms with Crippen molar-refractivity contribution in [2.24, 2.45) is 0 Å². The van der Waals surface area contributed by atoms with Crippen LogP contribution in [0.25, 0.3) is 0 Å². The lowest BCUT2D eigenvalue weighted by Crippen LogP contribution is -2.39. The van der Waals surface area contributed by atoms with Gasteiger partial charge in [0, 0.05) is 24.0 Å². The van der Waals surface area contributed by atoms with E-state index in [-0.39, 0.29) is 11.8 Å². The van der Waals surface area contributed by atoms with Crippen LogP contribution in [0, 0.1) is 0 Å². The molecule has 0 saturated heterocycles. The summed E-state index contributed by atoms with van der Waals surface area (Å²) in [5.41, 5.74) is 0.591. The Morgan fingerprint density at radius 3 is 2.70 bits per heavy atom. The molecular weight excluding hydrogens is 398 g/mol. The van der Waals surface area contributed by atoms with E-state index in [1.807, 2.05) is 34.7 Å². The number of thioether (sulfide) groups is 1. The van der Waals surface area contributed by atoms with Crippen molar-refractivity contribution in [2.75, 3.05) is 12.8 Å². The highest BCUT2D eigenvalue weighted by atomic mass is 32.2. The van der Waals surface area contributed by atoms with Gasteiger partial charge in [0.1, 0.15) is 6.33 Å². The van der Waals surface area contributed by atoms with Gasteiger partial charge in [0.25, 0.3) is 5.91 Å². The Labute approximate surface area is 181 Å². The SMILES string of the molecule is CN(C(=O)CSc1ccccc1C(=O)NCc1nncn1C1CC1)C1CCCCC1. The van der Waals surface area contributed by atoms with Crippen LogP contribution >= 0.6 is 11.8 Å². The van der Waals surface area contributed by atoms with Crippen molar-refractivity contribution in [1.29, 1.82) is 0 Å². The number of benzene rings is 1. The normalized spacial score (nSPS) is 17.0. The number of carbonyl (C=O) groups is 2. The van der Waals surface area contributed by atoms with Gasteiger partial charge in [-0.2, -0.15) is 0 Å². The first-order chi connectivity index (χ1) is 14.6. The average Bonchev–Trinajstić information content (AvgIpc) is 3.53. The van der Waals surface area contributed by atoms with E-state index >= 15 is 0 Å². The maximum Gasteiger partial charge on any atom is 0.252 e. The van der Waals surface area contributed by atoms with E-state index in [4.69, 9.17) is 0 Å². The molecule has 2 fully saturated rings. The first kappa shape index (κ1) is 20.9. The van der Waals surface area contributed by atoms with Crippen LogP contribution < -0.4 is 5.32 Å². The number of carbonyl (C=O) groups excluding carboxylic acids is 2. The lowest BCUT2D eigenvalue weighted by molar-refractivity contribution is -0.129. The smallest absolute Gasteiger partial charge is 0.252 e. The van der Waals surface area contributed by atoms with Crippen molar-refractivity contribution in [2.45, 2.75) is 68.5 Å². The summed E-state index contributed by atoms with van der Waals surface area (Å²) in [6.45, 7) is 0.345. The second-order valence-electron chi connectivity index (χ2n) is 8.15. The van der Waals surface area contributed by atoms with Gasteiger partial charge in [-0.1, -0.05) is 31.4 Å². The summed E-state index contributed by atoms with van der Waals surface area (Å²) in [6, 6.07) is 8.29. The number of hydrogen-bond donors (Lipinski definition) is 1. The van der Waals surface area contributed by atoms with E-state index in [0.29, 0.717) is 29.9 Å². The third-order valence-corrected chi connectivity index (χ3v) is 7.05. The van der Waals surface area contributed by atoms with Crippen LogP contribution in [0.4, 0.5) is 0 Å². The molecule has 1 aromatic carbocycles. The summed E-state index contributed by atoms with van der Waals surface area (Å²) in [6.07, 6.45) is 9.88. The molecule has 0 atom stereocenters. The quantitative estimate of drug-likeness (QED) is 0.653. The van der Waals surface area contributed by atoms with Crippen LogP contribution in [0.2, 0.25) is 0 Å². The van der Waals surface area contributed by atoms with Gasteiger partial charge in [-0.15, -0.1) is 22.0 Å². The van der Waals surface area contributed by atoms with E-state index in [1.54, 1.807) is 12.4 Å². The van der Waals surface area contributed by atoms with Crippen LogP contribution in [0.5, 0.6) is 0 Å². The average molecular weight is 428 g/mol. The predicted octanol–water partition coefficient (Wildman–Crippen LogP) is 3.43. The Hall–Kier alpha value is -2.35. The van der Waals surface area contributed by atoms with E-state index < -0.39 is 0 Å². The molecule has 2 aliphatic carbocycles. The Morgan fingerprint density at radius 1 is 1.17 bits per heavy atom. The molecule has 160 valence electrons. The molecule has 0 bridgehead atoms. The van der Waals surface area contributed by atoms with Crippen molar-refractivity contribution in [3.8, 4) is 0 Å². The zero-order chi connectivity index (χ0) is 20.9. The van der Waals surface area contributed by atoms with Crippen molar-refractivity contribution >= 4 is 23.6 Å². The standard InChI is InChI=1S/C22H29N5O2S/c1-26(16-7-3-2-4-8-16)21(28)14-30-19-10-6-5-9-18(19)22(29)23-13-20-25-24-15-27(20)17-11-12-17/h5-6,9-10,15-17H,2-4,7-8,11-14H2,1H3,(H,23,29). The lowest BCUT2D eigenvalue weighted by atomic mass is 9.94. The highest BCUT2D eigenvalue weighted by Gasteiger charge is 2.26. The topological polar surface area (TPSA) is 80.1 Å². The summed E-state index contributed by atoms with van der Waals surface area (Å²) in [5, 5.41) is 11.1. The molecule has 0 spiro atoms. The lowest BCUT2D eigenvalue weighted by Gasteiger charge is -2.31. The summed E-state index contributed by atoms with van der Waals surface area (Å²) in [5.74, 6) is 1.09. The molecule has 2 amide bonds. The fourth-order valence-electron chi connectivity index (χ4n) is 4.00. The number of rotatable bonds is 8. The number of nitrogens with one attached hydrogen (secondary N) is 1. The van der Waals surface area contributed by atoms with E-state index in [9.17, 15) is 9.59 Å². The molecule has 2 aliphatic rings. The van der Waals surface area contributed by atoms with Crippen LogP contribution in [0.3, 0.4) is 0 Å². The number of amides is 2. The zero-order valence-corrected chi connectivity index (χ0v) is 18.2. The van der Waals surface area contributed by atoms with Crippen molar-refractivity contribution in [3.63, 3.8) is 0 Å². The number of aromatic nitrogens is 3.